The highest BCUT2D eigenvalue weighted by atomic mass is 32.2. The van der Waals surface area contributed by atoms with E-state index in [0.717, 1.165) is 13.0 Å². The van der Waals surface area contributed by atoms with Crippen LogP contribution in [0.1, 0.15) is 12.8 Å². The highest BCUT2D eigenvalue weighted by molar-refractivity contribution is 7.90. The van der Waals surface area contributed by atoms with Crippen molar-refractivity contribution in [1.29, 1.82) is 0 Å². The lowest BCUT2D eigenvalue weighted by atomic mass is 10.2. The van der Waals surface area contributed by atoms with E-state index in [9.17, 15) is 21.6 Å². The number of alkyl halides is 3. The average molecular weight is 232 g/mol. The molecule has 1 unspecified atom stereocenters. The predicted molar refractivity (Wildman–Crippen MR) is 44.0 cm³/mol. The molecule has 2 N–H and O–H groups in total. The second-order valence-corrected chi connectivity index (χ2v) is 4.85. The number of rotatable bonds is 3. The van der Waals surface area contributed by atoms with Gasteiger partial charge in [-0.3, -0.25) is 0 Å². The van der Waals surface area contributed by atoms with Crippen LogP contribution in [0.3, 0.4) is 0 Å². The molecule has 1 aliphatic heterocycles. The second-order valence-electron chi connectivity index (χ2n) is 3.09. The summed E-state index contributed by atoms with van der Waals surface area (Å²) in [6.45, 7) is 0.514. The molecule has 0 aromatic heterocycles. The van der Waals surface area contributed by atoms with Gasteiger partial charge in [0.2, 0.25) is 0 Å². The molecule has 1 atom stereocenters. The van der Waals surface area contributed by atoms with Crippen LogP contribution in [0.4, 0.5) is 13.2 Å². The Hall–Kier alpha value is -0.340. The van der Waals surface area contributed by atoms with Crippen molar-refractivity contribution in [3.8, 4) is 0 Å². The Morgan fingerprint density at radius 3 is 2.50 bits per heavy atom. The van der Waals surface area contributed by atoms with Crippen LogP contribution in [-0.2, 0) is 10.0 Å². The third-order valence-corrected chi connectivity index (χ3v) is 3.14. The van der Waals surface area contributed by atoms with E-state index >= 15 is 0 Å². The van der Waals surface area contributed by atoms with E-state index in [1.54, 1.807) is 0 Å². The van der Waals surface area contributed by atoms with E-state index in [0.29, 0.717) is 6.42 Å². The van der Waals surface area contributed by atoms with Crippen LogP contribution in [0.5, 0.6) is 0 Å². The minimum Gasteiger partial charge on any atom is -0.313 e. The Balaban J connectivity index is 2.44. The van der Waals surface area contributed by atoms with Crippen LogP contribution in [0, 0.1) is 0 Å². The molecule has 1 fully saturated rings. The first-order valence-corrected chi connectivity index (χ1v) is 5.60. The quantitative estimate of drug-likeness (QED) is 0.729. The molecule has 4 nitrogen and oxygen atoms in total. The van der Waals surface area contributed by atoms with Gasteiger partial charge in [0, 0.05) is 12.6 Å². The number of sulfonamides is 1. The van der Waals surface area contributed by atoms with Crippen LogP contribution in [0.25, 0.3) is 0 Å². The van der Waals surface area contributed by atoms with E-state index in [2.05, 4.69) is 5.32 Å². The molecule has 1 saturated heterocycles. The van der Waals surface area contributed by atoms with Crippen molar-refractivity contribution < 1.29 is 21.6 Å². The van der Waals surface area contributed by atoms with Crippen LogP contribution < -0.4 is 10.0 Å². The smallest absolute Gasteiger partial charge is 0.313 e. The highest BCUT2D eigenvalue weighted by Gasteiger charge is 2.45. The summed E-state index contributed by atoms with van der Waals surface area (Å²) < 4.78 is 58.1. The molecule has 1 aliphatic rings. The van der Waals surface area contributed by atoms with Crippen molar-refractivity contribution in [3.05, 3.63) is 0 Å². The van der Waals surface area contributed by atoms with Gasteiger partial charge in [-0.15, -0.1) is 0 Å². The first-order chi connectivity index (χ1) is 6.33. The zero-order chi connectivity index (χ0) is 10.8. The molecule has 84 valence electrons. The maximum absolute atomic E-state index is 11.8. The van der Waals surface area contributed by atoms with E-state index < -0.39 is 15.5 Å². The van der Waals surface area contributed by atoms with Gasteiger partial charge in [-0.2, -0.15) is 13.2 Å². The van der Waals surface area contributed by atoms with Crippen molar-refractivity contribution in [2.75, 3.05) is 13.1 Å². The standard InChI is InChI=1S/C6H11F3N2O2S/c7-6(8,9)14(12,13)11-4-5-2-1-3-10-5/h5,10-11H,1-4H2. The maximum atomic E-state index is 11.8. The molecule has 0 spiro atoms. The molecule has 8 heteroatoms. The summed E-state index contributed by atoms with van der Waals surface area (Å²) >= 11 is 0. The summed E-state index contributed by atoms with van der Waals surface area (Å²) in [7, 11) is -5.18. The van der Waals surface area contributed by atoms with E-state index in [1.165, 1.54) is 4.72 Å². The average Bonchev–Trinajstić information content (AvgIpc) is 2.50. The molecule has 1 rings (SSSR count). The fourth-order valence-corrected chi connectivity index (χ4v) is 1.81. The summed E-state index contributed by atoms with van der Waals surface area (Å²) in [6, 6.07) is -0.188. The van der Waals surface area contributed by atoms with E-state index in [4.69, 9.17) is 0 Å². The van der Waals surface area contributed by atoms with Gasteiger partial charge in [0.1, 0.15) is 0 Å². The Kier molecular flexibility index (Phi) is 3.38. The van der Waals surface area contributed by atoms with Crippen molar-refractivity contribution in [3.63, 3.8) is 0 Å². The van der Waals surface area contributed by atoms with E-state index in [-0.39, 0.29) is 12.6 Å². The molecular weight excluding hydrogens is 221 g/mol. The number of hydrogen-bond acceptors (Lipinski definition) is 3. The zero-order valence-corrected chi connectivity index (χ0v) is 8.08. The van der Waals surface area contributed by atoms with Crippen molar-refractivity contribution in [2.24, 2.45) is 0 Å². The lowest BCUT2D eigenvalue weighted by molar-refractivity contribution is -0.0448. The van der Waals surface area contributed by atoms with Crippen molar-refractivity contribution in [1.82, 2.24) is 10.0 Å². The third kappa shape index (κ3) is 2.82. The molecule has 0 saturated carbocycles. The first-order valence-electron chi connectivity index (χ1n) is 4.12. The lowest BCUT2D eigenvalue weighted by Gasteiger charge is -2.13. The Morgan fingerprint density at radius 2 is 2.07 bits per heavy atom. The number of nitrogens with one attached hydrogen (secondary N) is 2. The van der Waals surface area contributed by atoms with Crippen LogP contribution >= 0.6 is 0 Å². The molecule has 14 heavy (non-hydrogen) atoms. The van der Waals surface area contributed by atoms with Gasteiger partial charge in [-0.1, -0.05) is 0 Å². The Morgan fingerprint density at radius 1 is 1.43 bits per heavy atom. The van der Waals surface area contributed by atoms with Gasteiger partial charge in [0.15, 0.2) is 0 Å². The van der Waals surface area contributed by atoms with Gasteiger partial charge in [-0.05, 0) is 19.4 Å². The zero-order valence-electron chi connectivity index (χ0n) is 7.26. The number of halogens is 3. The second kappa shape index (κ2) is 4.03. The Bertz CT molecular complexity index is 282. The van der Waals surface area contributed by atoms with Crippen LogP contribution in [0.2, 0.25) is 0 Å². The highest BCUT2D eigenvalue weighted by Crippen LogP contribution is 2.21. The van der Waals surface area contributed by atoms with Crippen molar-refractivity contribution in [2.45, 2.75) is 24.4 Å². The SMILES string of the molecule is O=S(=O)(NCC1CCCN1)C(F)(F)F. The van der Waals surface area contributed by atoms with Crippen LogP contribution in [0.15, 0.2) is 0 Å². The molecule has 0 aliphatic carbocycles. The predicted octanol–water partition coefficient (Wildman–Crippen LogP) is 0.178. The van der Waals surface area contributed by atoms with Gasteiger partial charge < -0.3 is 5.32 Å². The Labute approximate surface area is 79.9 Å². The lowest BCUT2D eigenvalue weighted by Crippen LogP contribution is -2.42. The van der Waals surface area contributed by atoms with Gasteiger partial charge >= 0.3 is 15.5 Å². The fourth-order valence-electron chi connectivity index (χ4n) is 1.22. The molecule has 0 bridgehead atoms. The van der Waals surface area contributed by atoms with Crippen LogP contribution in [-0.4, -0.2) is 33.1 Å². The van der Waals surface area contributed by atoms with Gasteiger partial charge in [0.25, 0.3) is 0 Å². The molecular formula is C6H11F3N2O2S. The largest absolute Gasteiger partial charge is 0.511 e. The first kappa shape index (κ1) is 11.7. The summed E-state index contributed by atoms with van der Waals surface area (Å²) in [5.74, 6) is 0. The molecule has 0 amide bonds. The minimum absolute atomic E-state index is 0.188. The molecule has 0 aromatic rings. The van der Waals surface area contributed by atoms with Gasteiger partial charge in [-0.25, -0.2) is 13.1 Å². The third-order valence-electron chi connectivity index (χ3n) is 1.99. The van der Waals surface area contributed by atoms with Gasteiger partial charge in [0.05, 0.1) is 0 Å². The normalized spacial score (nSPS) is 24.1. The van der Waals surface area contributed by atoms with E-state index in [1.807, 2.05) is 0 Å². The minimum atomic E-state index is -5.22. The summed E-state index contributed by atoms with van der Waals surface area (Å²) in [5, 5.41) is 2.89. The monoisotopic (exact) mass is 232 g/mol. The summed E-state index contributed by atoms with van der Waals surface area (Å²) in [6.07, 6.45) is 1.55. The fraction of sp³-hybridized carbons (Fsp3) is 1.00. The molecule has 0 aromatic carbocycles. The summed E-state index contributed by atoms with van der Waals surface area (Å²) in [4.78, 5) is 0. The molecule has 0 radical (unpaired) electrons. The van der Waals surface area contributed by atoms with Crippen molar-refractivity contribution >= 4 is 10.0 Å². The maximum Gasteiger partial charge on any atom is 0.511 e. The summed E-state index contributed by atoms with van der Waals surface area (Å²) in [5.41, 5.74) is -5.22. The molecule has 1 heterocycles. The topological polar surface area (TPSA) is 58.2 Å². The number of hydrogen-bond donors (Lipinski definition) is 2.